The van der Waals surface area contributed by atoms with E-state index in [4.69, 9.17) is 0 Å². The van der Waals surface area contributed by atoms with Crippen LogP contribution in [0.25, 0.3) is 11.0 Å². The quantitative estimate of drug-likeness (QED) is 0.490. The third-order valence-electron chi connectivity index (χ3n) is 4.79. The number of H-pyrrole nitrogens is 1. The SMILES string of the molecule is Cc1ccc(Sc2ncccc2C(=O)NCCc2nc3ccccc3[nH]2)cc1C. The number of aromatic nitrogens is 3. The standard InChI is InChI=1S/C23H22N4OS/c1-15-9-10-17(14-16(15)2)29-23-18(6-5-12-25-23)22(28)24-13-11-21-26-19-7-3-4-8-20(19)27-21/h3-10,12,14H,11,13H2,1-2H3,(H,24,28)(H,26,27). The highest BCUT2D eigenvalue weighted by Crippen LogP contribution is 2.29. The molecule has 2 aromatic carbocycles. The molecular formula is C23H22N4OS. The molecule has 4 aromatic rings. The van der Waals surface area contributed by atoms with Crippen LogP contribution < -0.4 is 5.32 Å². The van der Waals surface area contributed by atoms with Crippen molar-refractivity contribution in [1.29, 1.82) is 0 Å². The lowest BCUT2D eigenvalue weighted by atomic mass is 10.1. The lowest BCUT2D eigenvalue weighted by molar-refractivity contribution is 0.0950. The summed E-state index contributed by atoms with van der Waals surface area (Å²) in [6.07, 6.45) is 2.36. The predicted octanol–water partition coefficient (Wildman–Crippen LogP) is 4.70. The van der Waals surface area contributed by atoms with Crippen molar-refractivity contribution in [3.63, 3.8) is 0 Å². The highest BCUT2D eigenvalue weighted by Gasteiger charge is 2.14. The van der Waals surface area contributed by atoms with Crippen molar-refractivity contribution in [2.75, 3.05) is 6.54 Å². The zero-order valence-corrected chi connectivity index (χ0v) is 17.2. The number of nitrogens with zero attached hydrogens (tertiary/aromatic N) is 2. The minimum absolute atomic E-state index is 0.124. The van der Waals surface area contributed by atoms with Gasteiger partial charge in [0, 0.05) is 24.1 Å². The van der Waals surface area contributed by atoms with Crippen molar-refractivity contribution in [2.24, 2.45) is 0 Å². The molecule has 0 aliphatic heterocycles. The highest BCUT2D eigenvalue weighted by molar-refractivity contribution is 7.99. The van der Waals surface area contributed by atoms with Gasteiger partial charge in [-0.15, -0.1) is 0 Å². The number of hydrogen-bond donors (Lipinski definition) is 2. The molecule has 146 valence electrons. The Kier molecular flexibility index (Phi) is 5.62. The van der Waals surface area contributed by atoms with Crippen LogP contribution in [0.2, 0.25) is 0 Å². The first kappa shape index (κ1) is 19.2. The molecular weight excluding hydrogens is 380 g/mol. The third kappa shape index (κ3) is 4.49. The normalized spacial score (nSPS) is 11.0. The third-order valence-corrected chi connectivity index (χ3v) is 5.80. The van der Waals surface area contributed by atoms with E-state index in [9.17, 15) is 4.79 Å². The number of nitrogens with one attached hydrogen (secondary N) is 2. The Morgan fingerprint density at radius 3 is 2.76 bits per heavy atom. The summed E-state index contributed by atoms with van der Waals surface area (Å²) >= 11 is 1.51. The Balaban J connectivity index is 1.42. The van der Waals surface area contributed by atoms with Gasteiger partial charge < -0.3 is 10.3 Å². The van der Waals surface area contributed by atoms with E-state index < -0.39 is 0 Å². The zero-order chi connectivity index (χ0) is 20.2. The lowest BCUT2D eigenvalue weighted by Gasteiger charge is -2.09. The van der Waals surface area contributed by atoms with Crippen LogP contribution in [0, 0.1) is 13.8 Å². The second kappa shape index (κ2) is 8.49. The summed E-state index contributed by atoms with van der Waals surface area (Å²) in [5.41, 5.74) is 5.00. The number of benzene rings is 2. The molecule has 0 radical (unpaired) electrons. The summed E-state index contributed by atoms with van der Waals surface area (Å²) in [4.78, 5) is 26.1. The largest absolute Gasteiger partial charge is 0.352 e. The molecule has 0 spiro atoms. The second-order valence-electron chi connectivity index (χ2n) is 6.91. The van der Waals surface area contributed by atoms with Gasteiger partial charge in [-0.2, -0.15) is 0 Å². The Morgan fingerprint density at radius 2 is 1.93 bits per heavy atom. The van der Waals surface area contributed by atoms with E-state index in [2.05, 4.69) is 52.3 Å². The molecule has 0 saturated heterocycles. The number of hydrogen-bond acceptors (Lipinski definition) is 4. The van der Waals surface area contributed by atoms with Crippen LogP contribution in [0.5, 0.6) is 0 Å². The number of pyridine rings is 1. The molecule has 0 aliphatic carbocycles. The van der Waals surface area contributed by atoms with Gasteiger partial charge in [0.15, 0.2) is 0 Å². The second-order valence-corrected chi connectivity index (χ2v) is 7.97. The molecule has 0 aliphatic rings. The molecule has 0 unspecified atom stereocenters. The Labute approximate surface area is 174 Å². The summed E-state index contributed by atoms with van der Waals surface area (Å²) in [5, 5.41) is 3.69. The fraction of sp³-hybridized carbons (Fsp3) is 0.174. The topological polar surface area (TPSA) is 70.7 Å². The Hall–Kier alpha value is -3.12. The van der Waals surface area contributed by atoms with Gasteiger partial charge >= 0.3 is 0 Å². The van der Waals surface area contributed by atoms with Gasteiger partial charge in [-0.05, 0) is 61.4 Å². The van der Waals surface area contributed by atoms with Gasteiger partial charge in [-0.3, -0.25) is 4.79 Å². The maximum Gasteiger partial charge on any atom is 0.254 e. The molecule has 2 aromatic heterocycles. The van der Waals surface area contributed by atoms with Crippen LogP contribution in [0.4, 0.5) is 0 Å². The minimum atomic E-state index is -0.124. The molecule has 0 bridgehead atoms. The van der Waals surface area contributed by atoms with Crippen LogP contribution in [-0.4, -0.2) is 27.4 Å². The summed E-state index contributed by atoms with van der Waals surface area (Å²) in [7, 11) is 0. The molecule has 2 N–H and O–H groups in total. The van der Waals surface area contributed by atoms with E-state index in [1.165, 1.54) is 22.9 Å². The van der Waals surface area contributed by atoms with E-state index in [1.807, 2.05) is 30.3 Å². The number of imidazole rings is 1. The number of rotatable bonds is 6. The fourth-order valence-corrected chi connectivity index (χ4v) is 4.03. The first-order valence-corrected chi connectivity index (χ1v) is 10.3. The molecule has 0 fully saturated rings. The molecule has 6 heteroatoms. The summed E-state index contributed by atoms with van der Waals surface area (Å²) < 4.78 is 0. The van der Waals surface area contributed by atoms with Crippen molar-refractivity contribution in [1.82, 2.24) is 20.3 Å². The van der Waals surface area contributed by atoms with E-state index in [-0.39, 0.29) is 5.91 Å². The number of aryl methyl sites for hydroxylation is 2. The van der Waals surface area contributed by atoms with Gasteiger partial charge in [0.25, 0.3) is 5.91 Å². The lowest BCUT2D eigenvalue weighted by Crippen LogP contribution is -2.26. The van der Waals surface area contributed by atoms with Crippen molar-refractivity contribution in [2.45, 2.75) is 30.2 Å². The van der Waals surface area contributed by atoms with Crippen molar-refractivity contribution < 1.29 is 4.79 Å². The fourth-order valence-electron chi connectivity index (χ4n) is 3.05. The first-order valence-electron chi connectivity index (χ1n) is 9.52. The highest BCUT2D eigenvalue weighted by atomic mass is 32.2. The monoisotopic (exact) mass is 402 g/mol. The van der Waals surface area contributed by atoms with Crippen LogP contribution in [0.15, 0.2) is 70.7 Å². The van der Waals surface area contributed by atoms with E-state index in [0.29, 0.717) is 23.6 Å². The average molecular weight is 403 g/mol. The smallest absolute Gasteiger partial charge is 0.254 e. The van der Waals surface area contributed by atoms with E-state index in [1.54, 1.807) is 12.3 Å². The van der Waals surface area contributed by atoms with Gasteiger partial charge in [0.05, 0.1) is 16.6 Å². The number of para-hydroxylation sites is 2. The summed E-state index contributed by atoms with van der Waals surface area (Å²) in [5.74, 6) is 0.739. The molecule has 29 heavy (non-hydrogen) atoms. The summed E-state index contributed by atoms with van der Waals surface area (Å²) in [6.45, 7) is 4.68. The van der Waals surface area contributed by atoms with Crippen LogP contribution in [0.1, 0.15) is 27.3 Å². The Bertz CT molecular complexity index is 1140. The number of aromatic amines is 1. The molecule has 1 amide bonds. The number of carbonyl (C=O) groups excluding carboxylic acids is 1. The van der Waals surface area contributed by atoms with E-state index >= 15 is 0 Å². The van der Waals surface area contributed by atoms with Crippen molar-refractivity contribution in [3.8, 4) is 0 Å². The van der Waals surface area contributed by atoms with Crippen LogP contribution in [-0.2, 0) is 6.42 Å². The minimum Gasteiger partial charge on any atom is -0.352 e. The first-order chi connectivity index (χ1) is 14.1. The predicted molar refractivity (Wildman–Crippen MR) is 116 cm³/mol. The maximum atomic E-state index is 12.7. The van der Waals surface area contributed by atoms with E-state index in [0.717, 1.165) is 21.8 Å². The zero-order valence-electron chi connectivity index (χ0n) is 16.4. The molecule has 4 rings (SSSR count). The van der Waals surface area contributed by atoms with Gasteiger partial charge in [0.2, 0.25) is 0 Å². The van der Waals surface area contributed by atoms with Gasteiger partial charge in [-0.25, -0.2) is 9.97 Å². The number of fused-ring (bicyclic) bond motifs is 1. The Morgan fingerprint density at radius 1 is 1.07 bits per heavy atom. The van der Waals surface area contributed by atoms with Gasteiger partial charge in [-0.1, -0.05) is 30.0 Å². The molecule has 5 nitrogen and oxygen atoms in total. The van der Waals surface area contributed by atoms with Crippen LogP contribution in [0.3, 0.4) is 0 Å². The van der Waals surface area contributed by atoms with Gasteiger partial charge in [0.1, 0.15) is 10.9 Å². The summed E-state index contributed by atoms with van der Waals surface area (Å²) in [6, 6.07) is 17.8. The maximum absolute atomic E-state index is 12.7. The number of amides is 1. The van der Waals surface area contributed by atoms with Crippen molar-refractivity contribution in [3.05, 3.63) is 83.3 Å². The van der Waals surface area contributed by atoms with Crippen LogP contribution >= 0.6 is 11.8 Å². The van der Waals surface area contributed by atoms with Crippen molar-refractivity contribution >= 4 is 28.7 Å². The molecule has 0 atom stereocenters. The molecule has 2 heterocycles. The number of carbonyl (C=O) groups is 1. The molecule has 0 saturated carbocycles. The average Bonchev–Trinajstić information content (AvgIpc) is 3.14.